The van der Waals surface area contributed by atoms with Crippen LogP contribution in [0, 0.1) is 0 Å². The maximum atomic E-state index is 13.0. The van der Waals surface area contributed by atoms with E-state index in [1.54, 1.807) is 0 Å². The largest absolute Gasteiger partial charge is 0.479 e. The van der Waals surface area contributed by atoms with Gasteiger partial charge in [-0.2, -0.15) is 0 Å². The minimum atomic E-state index is -1.94. The number of hydrogen-bond donors (Lipinski definition) is 2. The van der Waals surface area contributed by atoms with Crippen molar-refractivity contribution in [1.29, 1.82) is 0 Å². The Morgan fingerprint density at radius 1 is 1.53 bits per heavy atom. The van der Waals surface area contributed by atoms with Gasteiger partial charge in [-0.1, -0.05) is 0 Å². The molecule has 1 aliphatic heterocycles. The Morgan fingerprint density at radius 3 is 2.53 bits per heavy atom. The van der Waals surface area contributed by atoms with Gasteiger partial charge < -0.3 is 15.0 Å². The van der Waals surface area contributed by atoms with Crippen molar-refractivity contribution in [1.82, 2.24) is 4.90 Å². The molecule has 1 heterocycles. The summed E-state index contributed by atoms with van der Waals surface area (Å²) in [7, 11) is 0. The molecule has 7 heteroatoms. The summed E-state index contributed by atoms with van der Waals surface area (Å²) < 4.78 is 13.0. The van der Waals surface area contributed by atoms with E-state index in [1.165, 1.54) is 0 Å². The van der Waals surface area contributed by atoms with Crippen LogP contribution in [-0.2, 0) is 9.59 Å². The summed E-state index contributed by atoms with van der Waals surface area (Å²) in [5.74, 6) is -1.49. The molecule has 2 atom stereocenters. The van der Waals surface area contributed by atoms with E-state index in [4.69, 9.17) is 10.2 Å². The highest BCUT2D eigenvalue weighted by atomic mass is 19.1. The second-order valence-corrected chi connectivity index (χ2v) is 3.40. The summed E-state index contributed by atoms with van der Waals surface area (Å²) in [6.45, 7) is -0.504. The fourth-order valence-electron chi connectivity index (χ4n) is 1.80. The fraction of sp³-hybridized carbons (Fsp3) is 0.625. The van der Waals surface area contributed by atoms with Crippen LogP contribution in [0.3, 0.4) is 0 Å². The van der Waals surface area contributed by atoms with Crippen LogP contribution in [0.1, 0.15) is 12.8 Å². The van der Waals surface area contributed by atoms with Gasteiger partial charge in [-0.15, -0.1) is 0 Å². The van der Waals surface area contributed by atoms with Crippen molar-refractivity contribution in [3.05, 3.63) is 0 Å². The van der Waals surface area contributed by atoms with Gasteiger partial charge in [0.2, 0.25) is 0 Å². The molecule has 0 radical (unpaired) electrons. The number of hydrogen-bond acceptors (Lipinski definition) is 3. The molecule has 0 saturated carbocycles. The number of carboxylic acids is 1. The monoisotopic (exact) mass is 219 g/mol. The summed E-state index contributed by atoms with van der Waals surface area (Å²) in [6.07, 6.45) is -3.79. The van der Waals surface area contributed by atoms with E-state index in [0.717, 1.165) is 0 Å². The van der Waals surface area contributed by atoms with E-state index in [2.05, 4.69) is 0 Å². The van der Waals surface area contributed by atoms with Crippen molar-refractivity contribution in [3.8, 4) is 0 Å². The lowest BCUT2D eigenvalue weighted by molar-refractivity contribution is -0.150. The molecule has 1 aliphatic rings. The number of likely N-dealkylation sites (tertiary alicyclic amines) is 1. The highest BCUT2D eigenvalue weighted by molar-refractivity contribution is 5.87. The van der Waals surface area contributed by atoms with Crippen LogP contribution < -0.4 is 0 Å². The molecule has 0 aromatic carbocycles. The van der Waals surface area contributed by atoms with Crippen molar-refractivity contribution in [2.45, 2.75) is 24.6 Å². The van der Waals surface area contributed by atoms with E-state index in [-0.39, 0.29) is 0 Å². The zero-order valence-corrected chi connectivity index (χ0v) is 7.72. The number of rotatable bonds is 3. The highest BCUT2D eigenvalue weighted by Crippen LogP contribution is 2.34. The molecule has 0 bridgehead atoms. The second-order valence-electron chi connectivity index (χ2n) is 3.40. The average molecular weight is 219 g/mol. The predicted molar refractivity (Wildman–Crippen MR) is 45.3 cm³/mol. The van der Waals surface area contributed by atoms with E-state index < -0.39 is 43.2 Å². The number of carboxylic acid groups (broad SMARTS) is 2. The first-order valence-corrected chi connectivity index (χ1v) is 4.25. The summed E-state index contributed by atoms with van der Waals surface area (Å²) in [6, 6.07) is 0. The first kappa shape index (κ1) is 11.4. The lowest BCUT2D eigenvalue weighted by atomic mass is 9.92. The number of carbonyl (C=O) groups excluding carboxylic acids is 1. The van der Waals surface area contributed by atoms with Crippen LogP contribution in [0.15, 0.2) is 0 Å². The lowest BCUT2D eigenvalue weighted by Crippen LogP contribution is -2.52. The third kappa shape index (κ3) is 1.77. The van der Waals surface area contributed by atoms with Crippen LogP contribution >= 0.6 is 0 Å². The number of aliphatic carboxylic acids is 1. The Balaban J connectivity index is 3.08. The minimum absolute atomic E-state index is 0.294. The third-order valence-corrected chi connectivity index (χ3v) is 2.51. The number of nitrogens with zero attached hydrogens (tertiary/aromatic N) is 1. The first-order chi connectivity index (χ1) is 6.94. The average Bonchev–Trinajstić information content (AvgIpc) is 2.44. The number of amides is 1. The Hall–Kier alpha value is -1.66. The SMILES string of the molecule is O=CCC1(C(=O)O)CC(F)CN1C(=O)O. The van der Waals surface area contributed by atoms with E-state index in [9.17, 15) is 18.8 Å². The summed E-state index contributed by atoms with van der Waals surface area (Å²) in [5, 5.41) is 17.6. The number of carbonyl (C=O) groups is 3. The third-order valence-electron chi connectivity index (χ3n) is 2.51. The number of aldehydes is 1. The van der Waals surface area contributed by atoms with Gasteiger partial charge in [0.15, 0.2) is 5.54 Å². The molecule has 0 spiro atoms. The fourth-order valence-corrected chi connectivity index (χ4v) is 1.80. The van der Waals surface area contributed by atoms with Crippen molar-refractivity contribution in [2.24, 2.45) is 0 Å². The van der Waals surface area contributed by atoms with Gasteiger partial charge in [0.1, 0.15) is 12.5 Å². The first-order valence-electron chi connectivity index (χ1n) is 4.25. The molecule has 0 aromatic heterocycles. The standard InChI is InChI=1S/C8H10FNO5/c9-5-3-8(1-2-11,6(12)13)10(4-5)7(14)15/h2,5H,1,3-4H2,(H,12,13)(H,14,15). The minimum Gasteiger partial charge on any atom is -0.479 e. The highest BCUT2D eigenvalue weighted by Gasteiger charge is 2.54. The second kappa shape index (κ2) is 3.84. The zero-order valence-electron chi connectivity index (χ0n) is 7.72. The van der Waals surface area contributed by atoms with Crippen LogP contribution in [0.2, 0.25) is 0 Å². The number of halogens is 1. The van der Waals surface area contributed by atoms with E-state index in [0.29, 0.717) is 11.2 Å². The zero-order chi connectivity index (χ0) is 11.6. The van der Waals surface area contributed by atoms with Crippen molar-refractivity contribution >= 4 is 18.3 Å². The van der Waals surface area contributed by atoms with Gasteiger partial charge in [0.25, 0.3) is 0 Å². The molecule has 1 rings (SSSR count). The quantitative estimate of drug-likeness (QED) is 0.657. The molecular weight excluding hydrogens is 209 g/mol. The molecule has 2 unspecified atom stereocenters. The molecule has 15 heavy (non-hydrogen) atoms. The molecule has 0 aliphatic carbocycles. The van der Waals surface area contributed by atoms with Gasteiger partial charge >= 0.3 is 12.1 Å². The molecular formula is C8H10FNO5. The Kier molecular flexibility index (Phi) is 2.92. The number of alkyl halides is 1. The van der Waals surface area contributed by atoms with E-state index >= 15 is 0 Å². The van der Waals surface area contributed by atoms with Gasteiger partial charge in [0, 0.05) is 12.8 Å². The van der Waals surface area contributed by atoms with Gasteiger partial charge in [0.05, 0.1) is 6.54 Å². The lowest BCUT2D eigenvalue weighted by Gasteiger charge is -2.30. The van der Waals surface area contributed by atoms with Crippen molar-refractivity contribution < 1.29 is 29.0 Å². The smallest absolute Gasteiger partial charge is 0.408 e. The molecule has 6 nitrogen and oxygen atoms in total. The molecule has 1 amide bonds. The molecule has 2 N–H and O–H groups in total. The topological polar surface area (TPSA) is 94.9 Å². The Bertz CT molecular complexity index is 307. The van der Waals surface area contributed by atoms with Crippen LogP contribution in [0.5, 0.6) is 0 Å². The van der Waals surface area contributed by atoms with Crippen LogP contribution in [-0.4, -0.2) is 51.7 Å². The van der Waals surface area contributed by atoms with Crippen LogP contribution in [0.4, 0.5) is 9.18 Å². The van der Waals surface area contributed by atoms with Crippen LogP contribution in [0.25, 0.3) is 0 Å². The molecule has 1 saturated heterocycles. The van der Waals surface area contributed by atoms with E-state index in [1.807, 2.05) is 0 Å². The predicted octanol–water partition coefficient (Wildman–Crippen LogP) is 0.121. The molecule has 0 aromatic rings. The van der Waals surface area contributed by atoms with Gasteiger partial charge in [-0.3, -0.25) is 4.90 Å². The maximum Gasteiger partial charge on any atom is 0.408 e. The maximum absolute atomic E-state index is 13.0. The van der Waals surface area contributed by atoms with Crippen molar-refractivity contribution in [2.75, 3.05) is 6.54 Å². The van der Waals surface area contributed by atoms with Gasteiger partial charge in [-0.25, -0.2) is 14.0 Å². The summed E-state index contributed by atoms with van der Waals surface area (Å²) in [4.78, 5) is 32.5. The summed E-state index contributed by atoms with van der Waals surface area (Å²) in [5.41, 5.74) is -1.94. The molecule has 84 valence electrons. The Morgan fingerprint density at radius 2 is 2.13 bits per heavy atom. The molecule has 1 fully saturated rings. The Labute approximate surface area is 84.3 Å². The normalized spacial score (nSPS) is 30.2. The summed E-state index contributed by atoms with van der Waals surface area (Å²) >= 11 is 0. The van der Waals surface area contributed by atoms with Gasteiger partial charge in [-0.05, 0) is 0 Å². The van der Waals surface area contributed by atoms with Crippen molar-refractivity contribution in [3.63, 3.8) is 0 Å².